The molecule has 2 unspecified atom stereocenters. The van der Waals surface area contributed by atoms with E-state index in [-0.39, 0.29) is 0 Å². The van der Waals surface area contributed by atoms with Crippen molar-refractivity contribution in [2.24, 2.45) is 11.5 Å². The number of rotatable bonds is 3. The first kappa shape index (κ1) is 8.97. The molecule has 1 aliphatic carbocycles. The lowest BCUT2D eigenvalue weighted by Crippen LogP contribution is -2.41. The van der Waals surface area contributed by atoms with Gasteiger partial charge in [0.1, 0.15) is 0 Å². The summed E-state index contributed by atoms with van der Waals surface area (Å²) < 4.78 is 0. The van der Waals surface area contributed by atoms with Crippen molar-refractivity contribution in [2.45, 2.75) is 37.8 Å². The molecule has 0 aromatic rings. The third kappa shape index (κ3) is 3.18. The van der Waals surface area contributed by atoms with Crippen LogP contribution in [0.5, 0.6) is 0 Å². The number of nitrogens with one attached hydrogen (secondary N) is 1. The summed E-state index contributed by atoms with van der Waals surface area (Å²) >= 11 is 0. The fraction of sp³-hybridized carbons (Fsp3) is 1.00. The topological polar surface area (TPSA) is 64.1 Å². The molecule has 0 radical (unpaired) electrons. The van der Waals surface area contributed by atoms with Gasteiger partial charge in [-0.25, -0.2) is 0 Å². The van der Waals surface area contributed by atoms with Crippen LogP contribution in [0.15, 0.2) is 0 Å². The molecule has 0 aromatic heterocycles. The van der Waals surface area contributed by atoms with Gasteiger partial charge in [0.05, 0.1) is 0 Å². The normalized spacial score (nSPS) is 32.2. The number of hydrogen-bond donors (Lipinski definition) is 3. The predicted molar refractivity (Wildman–Crippen MR) is 47.3 cm³/mol. The highest BCUT2D eigenvalue weighted by Gasteiger charge is 2.17. The second kappa shape index (κ2) is 4.70. The average Bonchev–Trinajstić information content (AvgIpc) is 2.01. The fourth-order valence-electron chi connectivity index (χ4n) is 1.70. The van der Waals surface area contributed by atoms with Crippen molar-refractivity contribution in [3.8, 4) is 0 Å². The Bertz CT molecular complexity index is 106. The third-order valence-corrected chi connectivity index (χ3v) is 2.29. The van der Waals surface area contributed by atoms with Gasteiger partial charge in [-0.05, 0) is 19.3 Å². The minimum atomic E-state index is 0.416. The zero-order chi connectivity index (χ0) is 8.10. The number of hydrogen-bond acceptors (Lipinski definition) is 3. The lowest BCUT2D eigenvalue weighted by atomic mass is 9.92. The van der Waals surface area contributed by atoms with Gasteiger partial charge in [0.15, 0.2) is 0 Å². The summed E-state index contributed by atoms with van der Waals surface area (Å²) in [5.74, 6) is 0. The van der Waals surface area contributed by atoms with Crippen molar-refractivity contribution < 1.29 is 0 Å². The van der Waals surface area contributed by atoms with E-state index in [0.29, 0.717) is 12.1 Å². The van der Waals surface area contributed by atoms with Crippen LogP contribution in [-0.2, 0) is 0 Å². The Morgan fingerprint density at radius 3 is 2.82 bits per heavy atom. The van der Waals surface area contributed by atoms with E-state index in [0.717, 1.165) is 19.5 Å². The summed E-state index contributed by atoms with van der Waals surface area (Å²) in [6.45, 7) is 1.66. The van der Waals surface area contributed by atoms with E-state index in [1.54, 1.807) is 0 Å². The summed E-state index contributed by atoms with van der Waals surface area (Å²) in [5, 5.41) is 3.40. The molecule has 1 saturated carbocycles. The van der Waals surface area contributed by atoms with Crippen LogP contribution in [0.2, 0.25) is 0 Å². The molecule has 3 nitrogen and oxygen atoms in total. The molecule has 0 aromatic carbocycles. The van der Waals surface area contributed by atoms with Gasteiger partial charge in [-0.1, -0.05) is 6.42 Å². The quantitative estimate of drug-likeness (QED) is 0.532. The largest absolute Gasteiger partial charge is 0.329 e. The van der Waals surface area contributed by atoms with E-state index < -0.39 is 0 Å². The van der Waals surface area contributed by atoms with Gasteiger partial charge in [0, 0.05) is 25.2 Å². The third-order valence-electron chi connectivity index (χ3n) is 2.29. The molecule has 0 bridgehead atoms. The van der Waals surface area contributed by atoms with Gasteiger partial charge in [-0.15, -0.1) is 0 Å². The second-order valence-corrected chi connectivity index (χ2v) is 3.37. The van der Waals surface area contributed by atoms with Crippen LogP contribution >= 0.6 is 0 Å². The zero-order valence-electron chi connectivity index (χ0n) is 7.05. The lowest BCUT2D eigenvalue weighted by Gasteiger charge is -2.27. The molecule has 1 rings (SSSR count). The minimum Gasteiger partial charge on any atom is -0.329 e. The average molecular weight is 157 g/mol. The molecule has 1 aliphatic rings. The molecular weight excluding hydrogens is 138 g/mol. The van der Waals surface area contributed by atoms with Crippen LogP contribution < -0.4 is 16.8 Å². The highest BCUT2D eigenvalue weighted by Crippen LogP contribution is 2.16. The van der Waals surface area contributed by atoms with Crippen LogP contribution in [0.1, 0.15) is 25.7 Å². The second-order valence-electron chi connectivity index (χ2n) is 3.37. The summed E-state index contributed by atoms with van der Waals surface area (Å²) in [5.41, 5.74) is 11.2. The number of nitrogens with two attached hydrogens (primary N) is 2. The zero-order valence-corrected chi connectivity index (χ0v) is 7.05. The van der Waals surface area contributed by atoms with E-state index >= 15 is 0 Å². The van der Waals surface area contributed by atoms with Crippen molar-refractivity contribution >= 4 is 0 Å². The Morgan fingerprint density at radius 1 is 1.36 bits per heavy atom. The molecule has 3 heteroatoms. The van der Waals surface area contributed by atoms with E-state index in [2.05, 4.69) is 5.32 Å². The maximum Gasteiger partial charge on any atom is 0.00823 e. The highest BCUT2D eigenvalue weighted by molar-refractivity contribution is 4.79. The SMILES string of the molecule is NCCNC1CCCC(N)C1. The maximum absolute atomic E-state index is 5.83. The van der Waals surface area contributed by atoms with Crippen LogP contribution in [0, 0.1) is 0 Å². The van der Waals surface area contributed by atoms with Crippen molar-refractivity contribution in [2.75, 3.05) is 13.1 Å². The van der Waals surface area contributed by atoms with Gasteiger partial charge in [-0.3, -0.25) is 0 Å². The lowest BCUT2D eigenvalue weighted by molar-refractivity contribution is 0.342. The van der Waals surface area contributed by atoms with Gasteiger partial charge in [0.25, 0.3) is 0 Å². The van der Waals surface area contributed by atoms with Gasteiger partial charge in [-0.2, -0.15) is 0 Å². The molecule has 0 amide bonds. The van der Waals surface area contributed by atoms with Crippen LogP contribution in [0.3, 0.4) is 0 Å². The Balaban J connectivity index is 2.12. The molecule has 1 fully saturated rings. The first-order valence-corrected chi connectivity index (χ1v) is 4.52. The molecule has 11 heavy (non-hydrogen) atoms. The monoisotopic (exact) mass is 157 g/mol. The Hall–Kier alpha value is -0.120. The fourth-order valence-corrected chi connectivity index (χ4v) is 1.70. The Morgan fingerprint density at radius 2 is 2.18 bits per heavy atom. The molecule has 0 saturated heterocycles. The maximum atomic E-state index is 5.83. The standard InChI is InChI=1S/C8H19N3/c9-4-5-11-8-3-1-2-7(10)6-8/h7-8,11H,1-6,9-10H2. The summed E-state index contributed by atoms with van der Waals surface area (Å²) in [7, 11) is 0. The van der Waals surface area contributed by atoms with E-state index in [1.807, 2.05) is 0 Å². The molecular formula is C8H19N3. The molecule has 66 valence electrons. The first-order valence-electron chi connectivity index (χ1n) is 4.52. The molecule has 2 atom stereocenters. The smallest absolute Gasteiger partial charge is 0.00823 e. The van der Waals surface area contributed by atoms with Crippen molar-refractivity contribution in [1.29, 1.82) is 0 Å². The van der Waals surface area contributed by atoms with Crippen LogP contribution in [0.25, 0.3) is 0 Å². The van der Waals surface area contributed by atoms with Crippen molar-refractivity contribution in [3.63, 3.8) is 0 Å². The van der Waals surface area contributed by atoms with Crippen molar-refractivity contribution in [3.05, 3.63) is 0 Å². The molecule has 0 heterocycles. The highest BCUT2D eigenvalue weighted by atomic mass is 14.9. The van der Waals surface area contributed by atoms with Crippen LogP contribution in [-0.4, -0.2) is 25.2 Å². The summed E-state index contributed by atoms with van der Waals surface area (Å²) in [6, 6.07) is 1.04. The van der Waals surface area contributed by atoms with Crippen molar-refractivity contribution in [1.82, 2.24) is 5.32 Å². The van der Waals surface area contributed by atoms with Gasteiger partial charge >= 0.3 is 0 Å². The first-order chi connectivity index (χ1) is 5.33. The molecule has 5 N–H and O–H groups in total. The Kier molecular flexibility index (Phi) is 3.83. The molecule has 0 aliphatic heterocycles. The summed E-state index contributed by atoms with van der Waals surface area (Å²) in [6.07, 6.45) is 4.86. The predicted octanol–water partition coefficient (Wildman–Crippen LogP) is -0.195. The minimum absolute atomic E-state index is 0.416. The van der Waals surface area contributed by atoms with Gasteiger partial charge in [0.2, 0.25) is 0 Å². The molecule has 0 spiro atoms. The summed E-state index contributed by atoms with van der Waals surface area (Å²) in [4.78, 5) is 0. The van der Waals surface area contributed by atoms with E-state index in [9.17, 15) is 0 Å². The van der Waals surface area contributed by atoms with Gasteiger partial charge < -0.3 is 16.8 Å². The Labute approximate surface area is 68.5 Å². The van der Waals surface area contributed by atoms with Crippen LogP contribution in [0.4, 0.5) is 0 Å². The van der Waals surface area contributed by atoms with E-state index in [4.69, 9.17) is 11.5 Å². The van der Waals surface area contributed by atoms with E-state index in [1.165, 1.54) is 19.3 Å².